The van der Waals surface area contributed by atoms with E-state index in [2.05, 4.69) is 0 Å². The van der Waals surface area contributed by atoms with Crippen LogP contribution < -0.4 is 0 Å². The zero-order valence-corrected chi connectivity index (χ0v) is 15.1. The lowest BCUT2D eigenvalue weighted by Crippen LogP contribution is -2.05. The van der Waals surface area contributed by atoms with Crippen LogP contribution in [0.2, 0.25) is 0 Å². The van der Waals surface area contributed by atoms with E-state index in [-0.39, 0.29) is 12.8 Å². The van der Waals surface area contributed by atoms with Gasteiger partial charge in [0.25, 0.3) is 0 Å². The molecule has 0 bridgehead atoms. The summed E-state index contributed by atoms with van der Waals surface area (Å²) in [6.07, 6.45) is 4.95. The fraction of sp³-hybridized carbons (Fsp3) is 0.800. The van der Waals surface area contributed by atoms with Gasteiger partial charge in [0.1, 0.15) is 0 Å². The summed E-state index contributed by atoms with van der Waals surface area (Å²) in [5, 5.41) is 26.0. The highest BCUT2D eigenvalue weighted by atomic mass is 31.2. The first-order valence-corrected chi connectivity index (χ1v) is 12.2. The molecule has 0 spiro atoms. The van der Waals surface area contributed by atoms with Crippen molar-refractivity contribution in [1.82, 2.24) is 0 Å². The van der Waals surface area contributed by atoms with Crippen molar-refractivity contribution in [2.75, 3.05) is 37.0 Å². The Kier molecular flexibility index (Phi) is 10.9. The monoisotopic (exact) mass is 341 g/mol. The fourth-order valence-electron chi connectivity index (χ4n) is 2.49. The number of rotatable bonds is 12. The highest BCUT2D eigenvalue weighted by Crippen LogP contribution is 2.51. The molecule has 22 heavy (non-hydrogen) atoms. The van der Waals surface area contributed by atoms with Gasteiger partial charge in [0, 0.05) is 56.2 Å². The third-order valence-electron chi connectivity index (χ3n) is 3.66. The van der Waals surface area contributed by atoms with Crippen LogP contribution >= 0.6 is 14.3 Å². The summed E-state index contributed by atoms with van der Waals surface area (Å²) in [5.74, 6) is 0. The molecule has 122 valence electrons. The standard InChI is InChI=1S/C15H25N3O2P2/c1-2-10-21(19,11-3-7-16)14-6-15-22(20,12-4-8-17)13-5-9-18/h2-6,10-15H2,1H3. The Morgan fingerprint density at radius 2 is 1.05 bits per heavy atom. The molecule has 0 aromatic rings. The average molecular weight is 341 g/mol. The summed E-state index contributed by atoms with van der Waals surface area (Å²) in [6, 6.07) is 6.06. The number of hydrogen-bond donors (Lipinski definition) is 0. The molecule has 0 aromatic heterocycles. The van der Waals surface area contributed by atoms with Crippen LogP contribution in [0.3, 0.4) is 0 Å². The van der Waals surface area contributed by atoms with Gasteiger partial charge in [-0.1, -0.05) is 6.92 Å². The van der Waals surface area contributed by atoms with Crippen molar-refractivity contribution < 1.29 is 9.13 Å². The molecular formula is C15H25N3O2P2. The van der Waals surface area contributed by atoms with Crippen LogP contribution in [0.15, 0.2) is 0 Å². The summed E-state index contributed by atoms with van der Waals surface area (Å²) in [5.41, 5.74) is 0. The second kappa shape index (κ2) is 11.5. The van der Waals surface area contributed by atoms with Crippen molar-refractivity contribution in [3.63, 3.8) is 0 Å². The van der Waals surface area contributed by atoms with Crippen LogP contribution in [0.4, 0.5) is 0 Å². The molecule has 0 saturated heterocycles. The smallest absolute Gasteiger partial charge is 0.0897 e. The predicted octanol–water partition coefficient (Wildman–Crippen LogP) is 4.25. The van der Waals surface area contributed by atoms with Crippen LogP contribution in [0, 0.1) is 34.0 Å². The molecule has 0 amide bonds. The Morgan fingerprint density at radius 1 is 0.682 bits per heavy atom. The van der Waals surface area contributed by atoms with Crippen LogP contribution in [-0.2, 0) is 9.13 Å². The Hall–Kier alpha value is -1.07. The van der Waals surface area contributed by atoms with E-state index in [1.54, 1.807) is 0 Å². The van der Waals surface area contributed by atoms with Crippen molar-refractivity contribution >= 4 is 14.3 Å². The molecule has 0 aliphatic carbocycles. The van der Waals surface area contributed by atoms with Crippen LogP contribution in [0.25, 0.3) is 0 Å². The van der Waals surface area contributed by atoms with Gasteiger partial charge in [-0.2, -0.15) is 15.8 Å². The molecule has 0 saturated carbocycles. The Bertz CT molecular complexity index is 518. The van der Waals surface area contributed by atoms with Crippen LogP contribution in [0.1, 0.15) is 39.0 Å². The van der Waals surface area contributed by atoms with Gasteiger partial charge in [-0.05, 0) is 12.8 Å². The second-order valence-electron chi connectivity index (χ2n) is 5.54. The Labute approximate surface area is 134 Å². The minimum atomic E-state index is -2.51. The van der Waals surface area contributed by atoms with Crippen molar-refractivity contribution in [3.05, 3.63) is 0 Å². The minimum Gasteiger partial charge on any atom is -0.324 e. The fourth-order valence-corrected chi connectivity index (χ4v) is 7.88. The largest absolute Gasteiger partial charge is 0.324 e. The summed E-state index contributed by atoms with van der Waals surface area (Å²) >= 11 is 0. The van der Waals surface area contributed by atoms with E-state index in [4.69, 9.17) is 15.8 Å². The van der Waals surface area contributed by atoms with Crippen LogP contribution in [-0.4, -0.2) is 37.0 Å². The highest BCUT2D eigenvalue weighted by molar-refractivity contribution is 7.65. The molecule has 1 atom stereocenters. The maximum Gasteiger partial charge on any atom is 0.0897 e. The molecule has 0 fully saturated rings. The first kappa shape index (κ1) is 20.9. The van der Waals surface area contributed by atoms with E-state index in [1.165, 1.54) is 0 Å². The molecule has 1 unspecified atom stereocenters. The van der Waals surface area contributed by atoms with Crippen molar-refractivity contribution in [3.8, 4) is 18.2 Å². The first-order chi connectivity index (χ1) is 10.4. The van der Waals surface area contributed by atoms with E-state index in [9.17, 15) is 9.13 Å². The molecule has 7 heteroatoms. The van der Waals surface area contributed by atoms with E-state index in [0.717, 1.165) is 6.42 Å². The molecule has 5 nitrogen and oxygen atoms in total. The summed E-state index contributed by atoms with van der Waals surface area (Å²) in [4.78, 5) is 0. The third-order valence-corrected chi connectivity index (χ3v) is 10.3. The summed E-state index contributed by atoms with van der Waals surface area (Å²) in [6.45, 7) is 1.98. The second-order valence-corrected chi connectivity index (χ2v) is 12.5. The quantitative estimate of drug-likeness (QED) is 0.493. The molecule has 0 aromatic carbocycles. The lowest BCUT2D eigenvalue weighted by Gasteiger charge is -2.19. The first-order valence-electron chi connectivity index (χ1n) is 7.70. The van der Waals surface area contributed by atoms with Gasteiger partial charge < -0.3 is 9.13 Å². The molecule has 0 aliphatic rings. The van der Waals surface area contributed by atoms with Gasteiger partial charge in [-0.3, -0.25) is 0 Å². The number of nitrogens with zero attached hydrogens (tertiary/aromatic N) is 3. The SMILES string of the molecule is CCCP(=O)(CCC#N)CCCP(=O)(CCC#N)CCC#N. The zero-order valence-electron chi connectivity index (χ0n) is 13.3. The Morgan fingerprint density at radius 3 is 1.36 bits per heavy atom. The molecule has 0 aliphatic heterocycles. The normalized spacial score (nSPS) is 13.5. The van der Waals surface area contributed by atoms with Gasteiger partial charge in [-0.15, -0.1) is 0 Å². The number of nitriles is 3. The van der Waals surface area contributed by atoms with Crippen molar-refractivity contribution in [2.24, 2.45) is 0 Å². The van der Waals surface area contributed by atoms with E-state index < -0.39 is 14.3 Å². The zero-order chi connectivity index (χ0) is 16.9. The van der Waals surface area contributed by atoms with Gasteiger partial charge in [-0.25, -0.2) is 0 Å². The lowest BCUT2D eigenvalue weighted by molar-refractivity contribution is 0.568. The Balaban J connectivity index is 4.60. The minimum absolute atomic E-state index is 0.240. The molecular weight excluding hydrogens is 316 g/mol. The van der Waals surface area contributed by atoms with Gasteiger partial charge >= 0.3 is 0 Å². The van der Waals surface area contributed by atoms with Crippen molar-refractivity contribution in [1.29, 1.82) is 15.8 Å². The lowest BCUT2D eigenvalue weighted by atomic mass is 10.5. The maximum atomic E-state index is 12.7. The average Bonchev–Trinajstić information content (AvgIpc) is 2.49. The van der Waals surface area contributed by atoms with Gasteiger partial charge in [0.05, 0.1) is 32.5 Å². The summed E-state index contributed by atoms with van der Waals surface area (Å²) in [7, 11) is -4.86. The predicted molar refractivity (Wildman–Crippen MR) is 90.0 cm³/mol. The number of hydrogen-bond acceptors (Lipinski definition) is 5. The topological polar surface area (TPSA) is 106 Å². The van der Waals surface area contributed by atoms with E-state index in [1.807, 2.05) is 25.1 Å². The van der Waals surface area contributed by atoms with Gasteiger partial charge in [0.15, 0.2) is 0 Å². The summed E-state index contributed by atoms with van der Waals surface area (Å²) < 4.78 is 25.5. The molecule has 0 heterocycles. The molecule has 0 radical (unpaired) electrons. The maximum absolute atomic E-state index is 12.7. The molecule has 0 N–H and O–H groups in total. The van der Waals surface area contributed by atoms with Crippen molar-refractivity contribution in [2.45, 2.75) is 39.0 Å². The van der Waals surface area contributed by atoms with Gasteiger partial charge in [0.2, 0.25) is 0 Å². The highest BCUT2D eigenvalue weighted by Gasteiger charge is 2.25. The molecule has 0 rings (SSSR count). The third kappa shape index (κ3) is 9.05. The van der Waals surface area contributed by atoms with E-state index >= 15 is 0 Å². The van der Waals surface area contributed by atoms with E-state index in [0.29, 0.717) is 49.8 Å². The van der Waals surface area contributed by atoms with Crippen LogP contribution in [0.5, 0.6) is 0 Å².